The van der Waals surface area contributed by atoms with Crippen LogP contribution >= 0.6 is 23.2 Å². The smallest absolute Gasteiger partial charge is 0.495 e. The Labute approximate surface area is 219 Å². The molecular formula is C18H27Cl2KN6O. The van der Waals surface area contributed by atoms with Gasteiger partial charge in [0.15, 0.2) is 0 Å². The molecule has 1 aromatic carbocycles. The quantitative estimate of drug-likeness (QED) is 0.479. The van der Waals surface area contributed by atoms with Crippen LogP contribution in [0.2, 0.25) is 10.0 Å². The van der Waals surface area contributed by atoms with Crippen molar-refractivity contribution >= 4 is 29.1 Å². The first-order chi connectivity index (χ1) is 12.5. The van der Waals surface area contributed by atoms with Crippen molar-refractivity contribution in [2.45, 2.75) is 26.8 Å². The van der Waals surface area contributed by atoms with Gasteiger partial charge >= 0.3 is 51.4 Å². The molecule has 28 heavy (non-hydrogen) atoms. The maximum atomic E-state index is 9.92. The molecular weight excluding hydrogens is 426 g/mol. The van der Waals surface area contributed by atoms with E-state index in [0.717, 1.165) is 12.1 Å². The predicted molar refractivity (Wildman–Crippen MR) is 111 cm³/mol. The van der Waals surface area contributed by atoms with Crippen LogP contribution in [0.5, 0.6) is 0 Å². The molecule has 0 aromatic heterocycles. The molecule has 1 aliphatic heterocycles. The number of amides is 1. The second-order valence-corrected chi connectivity index (χ2v) is 7.26. The molecule has 10 heteroatoms. The molecule has 1 unspecified atom stereocenters. The van der Waals surface area contributed by atoms with Gasteiger partial charge in [0, 0.05) is 29.1 Å². The number of rotatable bonds is 4. The summed E-state index contributed by atoms with van der Waals surface area (Å²) in [5.74, 6) is 0.201. The SMILES string of the molecule is CC(C)C(N)=O.CC(c1cc(Cl)ccc1Cl)N1CCNC(N)=C1/C=C(/[NH-])N.[K+]. The predicted octanol–water partition coefficient (Wildman–Crippen LogP) is 0.0714. The second-order valence-electron chi connectivity index (χ2n) is 6.42. The van der Waals surface area contributed by atoms with Crippen LogP contribution in [0.25, 0.3) is 5.73 Å². The Balaban J connectivity index is 0.000000910. The summed E-state index contributed by atoms with van der Waals surface area (Å²) in [7, 11) is 0. The number of hydrogen-bond donors (Lipinski definition) is 4. The van der Waals surface area contributed by atoms with Gasteiger partial charge < -0.3 is 33.2 Å². The van der Waals surface area contributed by atoms with E-state index in [9.17, 15) is 4.79 Å². The summed E-state index contributed by atoms with van der Waals surface area (Å²) in [5, 5.41) is 4.35. The fourth-order valence-electron chi connectivity index (χ4n) is 2.39. The Morgan fingerprint density at radius 1 is 1.29 bits per heavy atom. The minimum Gasteiger partial charge on any atom is -0.495 e. The number of primary amides is 1. The van der Waals surface area contributed by atoms with Crippen LogP contribution in [0.3, 0.4) is 0 Å². The number of allylic oxidation sites excluding steroid dienone is 1. The summed E-state index contributed by atoms with van der Waals surface area (Å²) in [6.07, 6.45) is 1.54. The molecule has 1 aliphatic rings. The van der Waals surface area contributed by atoms with Gasteiger partial charge in [-0.3, -0.25) is 4.79 Å². The first-order valence-electron chi connectivity index (χ1n) is 8.47. The Hall–Kier alpha value is -0.614. The van der Waals surface area contributed by atoms with Crippen molar-refractivity contribution in [2.24, 2.45) is 23.1 Å². The molecule has 0 spiro atoms. The van der Waals surface area contributed by atoms with Crippen LogP contribution in [0.4, 0.5) is 0 Å². The van der Waals surface area contributed by atoms with Crippen LogP contribution in [0.1, 0.15) is 32.4 Å². The van der Waals surface area contributed by atoms with Gasteiger partial charge in [-0.15, -0.1) is 0 Å². The molecule has 0 fully saturated rings. The molecule has 0 radical (unpaired) electrons. The number of nitrogens with zero attached hydrogens (tertiary/aromatic N) is 1. The molecule has 1 aromatic rings. The van der Waals surface area contributed by atoms with Gasteiger partial charge in [-0.2, -0.15) is 0 Å². The van der Waals surface area contributed by atoms with E-state index >= 15 is 0 Å². The largest absolute Gasteiger partial charge is 1.00 e. The van der Waals surface area contributed by atoms with E-state index < -0.39 is 0 Å². The molecule has 1 heterocycles. The molecule has 150 valence electrons. The van der Waals surface area contributed by atoms with Crippen molar-refractivity contribution in [2.75, 3.05) is 13.1 Å². The molecule has 0 saturated heterocycles. The Kier molecular flexibility index (Phi) is 12.6. The van der Waals surface area contributed by atoms with E-state index in [-0.39, 0.29) is 75.1 Å². The molecule has 2 rings (SSSR count). The van der Waals surface area contributed by atoms with Gasteiger partial charge in [0.05, 0.1) is 11.7 Å². The molecule has 8 N–H and O–H groups in total. The van der Waals surface area contributed by atoms with Crippen molar-refractivity contribution < 1.29 is 56.2 Å². The molecule has 0 saturated carbocycles. The van der Waals surface area contributed by atoms with E-state index in [2.05, 4.69) is 10.2 Å². The van der Waals surface area contributed by atoms with E-state index in [1.54, 1.807) is 26.0 Å². The van der Waals surface area contributed by atoms with Crippen LogP contribution in [0.15, 0.2) is 41.6 Å². The average Bonchev–Trinajstić information content (AvgIpc) is 2.58. The van der Waals surface area contributed by atoms with E-state index in [0.29, 0.717) is 28.1 Å². The number of nitrogens with two attached hydrogens (primary N) is 3. The van der Waals surface area contributed by atoms with E-state index in [1.165, 1.54) is 6.08 Å². The molecule has 0 bridgehead atoms. The fraction of sp³-hybridized carbons (Fsp3) is 0.389. The minimum atomic E-state index is -0.241. The zero-order valence-electron chi connectivity index (χ0n) is 16.7. The third kappa shape index (κ3) is 8.40. The third-order valence-electron chi connectivity index (χ3n) is 3.99. The van der Waals surface area contributed by atoms with Gasteiger partial charge in [-0.05, 0) is 36.8 Å². The first-order valence-corrected chi connectivity index (χ1v) is 9.23. The van der Waals surface area contributed by atoms with Crippen molar-refractivity contribution in [3.8, 4) is 0 Å². The van der Waals surface area contributed by atoms with Gasteiger partial charge in [-0.25, -0.2) is 0 Å². The first kappa shape index (κ1) is 27.4. The van der Waals surface area contributed by atoms with Crippen molar-refractivity contribution in [3.63, 3.8) is 0 Å². The second kappa shape index (κ2) is 12.8. The summed E-state index contributed by atoms with van der Waals surface area (Å²) in [6.45, 7) is 6.99. The molecule has 7 nitrogen and oxygen atoms in total. The molecule has 1 amide bonds. The zero-order valence-corrected chi connectivity index (χ0v) is 21.4. The summed E-state index contributed by atoms with van der Waals surface area (Å²) < 4.78 is 0. The van der Waals surface area contributed by atoms with Gasteiger partial charge in [0.2, 0.25) is 5.91 Å². The third-order valence-corrected chi connectivity index (χ3v) is 4.57. The normalized spacial score (nSPS) is 15.2. The number of nitrogens with one attached hydrogen (secondary N) is 2. The van der Waals surface area contributed by atoms with Gasteiger partial charge in [0.25, 0.3) is 0 Å². The van der Waals surface area contributed by atoms with Crippen molar-refractivity contribution in [1.82, 2.24) is 10.2 Å². The molecule has 1 atom stereocenters. The molecule has 0 aliphatic carbocycles. The number of hydrogen-bond acceptors (Lipinski definition) is 5. The number of halogens is 2. The standard InChI is InChI=1S/C14H18Cl2N5.C4H9NO.K/c1-8(10-6-9(15)2-3-11(10)16)21-5-4-20-14(19)12(21)7-13(17)18;1-3(2)4(5)6;/h2-3,6-8,17,20H,4-5,18-19H2,1H3;3H,1-2H3,(H2,5,6);/q-1;;+1/b13-7-;;. The number of carbonyl (C=O) groups is 1. The van der Waals surface area contributed by atoms with Crippen LogP contribution in [-0.4, -0.2) is 23.9 Å². The summed E-state index contributed by atoms with van der Waals surface area (Å²) >= 11 is 12.3. The average molecular weight is 453 g/mol. The number of carbonyl (C=O) groups excluding carboxylic acids is 1. The summed E-state index contributed by atoms with van der Waals surface area (Å²) in [4.78, 5) is 12.0. The van der Waals surface area contributed by atoms with Gasteiger partial charge in [-0.1, -0.05) is 42.9 Å². The maximum Gasteiger partial charge on any atom is 1.00 e. The van der Waals surface area contributed by atoms with E-state index in [4.69, 9.17) is 46.1 Å². The Morgan fingerprint density at radius 3 is 2.36 bits per heavy atom. The van der Waals surface area contributed by atoms with Crippen LogP contribution < -0.4 is 73.9 Å². The Bertz CT molecular complexity index is 735. The zero-order chi connectivity index (χ0) is 20.7. The van der Waals surface area contributed by atoms with Crippen molar-refractivity contribution in [1.29, 1.82) is 0 Å². The number of benzene rings is 1. The monoisotopic (exact) mass is 452 g/mol. The van der Waals surface area contributed by atoms with Gasteiger partial charge in [0.1, 0.15) is 5.82 Å². The summed E-state index contributed by atoms with van der Waals surface area (Å²) in [5.41, 5.74) is 25.3. The topological polar surface area (TPSA) is 134 Å². The fourth-order valence-corrected chi connectivity index (χ4v) is 2.85. The van der Waals surface area contributed by atoms with Crippen LogP contribution in [0, 0.1) is 5.92 Å². The van der Waals surface area contributed by atoms with E-state index in [1.807, 2.05) is 13.0 Å². The minimum absolute atomic E-state index is 0. The van der Waals surface area contributed by atoms with Crippen LogP contribution in [-0.2, 0) is 4.79 Å². The maximum absolute atomic E-state index is 9.92. The summed E-state index contributed by atoms with van der Waals surface area (Å²) in [6, 6.07) is 5.34. The van der Waals surface area contributed by atoms with Crippen molar-refractivity contribution in [3.05, 3.63) is 63.0 Å². The Morgan fingerprint density at radius 2 is 1.86 bits per heavy atom.